The van der Waals surface area contributed by atoms with Crippen LogP contribution < -0.4 is 0 Å². The number of alkyl halides is 1. The van der Waals surface area contributed by atoms with Crippen molar-refractivity contribution >= 4 is 34.2 Å². The summed E-state index contributed by atoms with van der Waals surface area (Å²) in [5.74, 6) is 1.54. The van der Waals surface area contributed by atoms with E-state index in [0.29, 0.717) is 5.92 Å². The molecule has 0 radical (unpaired) electrons. The predicted molar refractivity (Wildman–Crippen MR) is 83.1 cm³/mol. The van der Waals surface area contributed by atoms with Crippen LogP contribution in [0.5, 0.6) is 0 Å². The Balaban J connectivity index is 2.57. The molecular formula is C15H20Cl2N2. The maximum atomic E-state index is 6.35. The number of fused-ring (bicyclic) bond motifs is 1. The molecule has 0 saturated heterocycles. The molecule has 0 N–H and O–H groups in total. The number of benzene rings is 1. The van der Waals surface area contributed by atoms with E-state index in [1.807, 2.05) is 25.1 Å². The summed E-state index contributed by atoms with van der Waals surface area (Å²) in [6.45, 7) is 7.33. The summed E-state index contributed by atoms with van der Waals surface area (Å²) >= 11 is 12.6. The van der Waals surface area contributed by atoms with E-state index >= 15 is 0 Å². The Morgan fingerprint density at radius 1 is 1.26 bits per heavy atom. The monoisotopic (exact) mass is 298 g/mol. The van der Waals surface area contributed by atoms with Gasteiger partial charge >= 0.3 is 0 Å². The van der Waals surface area contributed by atoms with Crippen molar-refractivity contribution in [1.82, 2.24) is 9.55 Å². The van der Waals surface area contributed by atoms with Crippen LogP contribution in [0.25, 0.3) is 11.0 Å². The van der Waals surface area contributed by atoms with Gasteiger partial charge in [0.25, 0.3) is 0 Å². The van der Waals surface area contributed by atoms with E-state index in [0.717, 1.165) is 41.3 Å². The third kappa shape index (κ3) is 2.90. The molecule has 0 amide bonds. The van der Waals surface area contributed by atoms with Crippen molar-refractivity contribution in [3.05, 3.63) is 29.0 Å². The average Bonchev–Trinajstić information content (AvgIpc) is 2.76. The lowest BCUT2D eigenvalue weighted by Gasteiger charge is -2.17. The van der Waals surface area contributed by atoms with E-state index in [1.54, 1.807) is 0 Å². The number of para-hydroxylation sites is 1. The van der Waals surface area contributed by atoms with Crippen LogP contribution in [0, 0.1) is 5.92 Å². The van der Waals surface area contributed by atoms with Gasteiger partial charge in [-0.15, -0.1) is 11.6 Å². The Morgan fingerprint density at radius 3 is 2.53 bits per heavy atom. The van der Waals surface area contributed by atoms with Gasteiger partial charge in [0.15, 0.2) is 0 Å². The van der Waals surface area contributed by atoms with Crippen LogP contribution in [0.1, 0.15) is 44.8 Å². The summed E-state index contributed by atoms with van der Waals surface area (Å²) in [5, 5.41) is 0.636. The molecule has 1 aromatic carbocycles. The number of hydrogen-bond donors (Lipinski definition) is 0. The minimum Gasteiger partial charge on any atom is -0.325 e. The van der Waals surface area contributed by atoms with Crippen molar-refractivity contribution in [3.8, 4) is 0 Å². The average molecular weight is 299 g/mol. The summed E-state index contributed by atoms with van der Waals surface area (Å²) < 4.78 is 2.20. The SMILES string of the molecule is CCC(CC)Cn1c(C(C)Cl)nc2cccc(Cl)c21. The van der Waals surface area contributed by atoms with Gasteiger partial charge in [-0.1, -0.05) is 44.4 Å². The van der Waals surface area contributed by atoms with Crippen LogP contribution in [-0.2, 0) is 6.54 Å². The molecule has 1 heterocycles. The van der Waals surface area contributed by atoms with Gasteiger partial charge in [0.2, 0.25) is 0 Å². The van der Waals surface area contributed by atoms with Crippen LogP contribution >= 0.6 is 23.2 Å². The molecule has 4 heteroatoms. The van der Waals surface area contributed by atoms with Gasteiger partial charge in [0.1, 0.15) is 5.82 Å². The van der Waals surface area contributed by atoms with Crippen molar-refractivity contribution in [2.45, 2.75) is 45.5 Å². The standard InChI is InChI=1S/C15H20Cl2N2/c1-4-11(5-2)9-19-14-12(17)7-6-8-13(14)18-15(19)10(3)16/h6-8,10-11H,4-5,9H2,1-3H3. The number of hydrogen-bond acceptors (Lipinski definition) is 1. The third-order valence-electron chi connectivity index (χ3n) is 3.70. The summed E-state index contributed by atoms with van der Waals surface area (Å²) in [4.78, 5) is 4.64. The maximum absolute atomic E-state index is 6.35. The van der Waals surface area contributed by atoms with Crippen LogP contribution in [0.3, 0.4) is 0 Å². The van der Waals surface area contributed by atoms with Crippen molar-refractivity contribution in [1.29, 1.82) is 0 Å². The smallest absolute Gasteiger partial charge is 0.127 e. The largest absolute Gasteiger partial charge is 0.325 e. The number of imidazole rings is 1. The second-order valence-corrected chi connectivity index (χ2v) is 6.05. The lowest BCUT2D eigenvalue weighted by molar-refractivity contribution is 0.417. The molecule has 1 aromatic heterocycles. The normalized spacial score (nSPS) is 13.4. The Hall–Kier alpha value is -0.730. The van der Waals surface area contributed by atoms with Gasteiger partial charge < -0.3 is 4.57 Å². The Bertz CT molecular complexity index is 557. The molecule has 0 bridgehead atoms. The van der Waals surface area contributed by atoms with Crippen LogP contribution in [-0.4, -0.2) is 9.55 Å². The molecule has 0 aliphatic rings. The molecule has 19 heavy (non-hydrogen) atoms. The first kappa shape index (κ1) is 14.7. The van der Waals surface area contributed by atoms with E-state index in [1.165, 1.54) is 0 Å². The van der Waals surface area contributed by atoms with Gasteiger partial charge in [-0.2, -0.15) is 0 Å². The highest BCUT2D eigenvalue weighted by Crippen LogP contribution is 2.30. The molecule has 2 aromatic rings. The zero-order valence-corrected chi connectivity index (χ0v) is 13.2. The first-order valence-electron chi connectivity index (χ1n) is 6.87. The summed E-state index contributed by atoms with van der Waals surface area (Å²) in [6, 6.07) is 5.84. The topological polar surface area (TPSA) is 17.8 Å². The highest BCUT2D eigenvalue weighted by atomic mass is 35.5. The Labute approximate surface area is 124 Å². The Kier molecular flexibility index (Phi) is 4.75. The molecule has 0 fully saturated rings. The van der Waals surface area contributed by atoms with Gasteiger partial charge in [-0.3, -0.25) is 0 Å². The van der Waals surface area contributed by atoms with E-state index in [2.05, 4.69) is 23.4 Å². The molecule has 104 valence electrons. The fourth-order valence-corrected chi connectivity index (χ4v) is 2.89. The molecule has 0 saturated carbocycles. The van der Waals surface area contributed by atoms with E-state index in [9.17, 15) is 0 Å². The van der Waals surface area contributed by atoms with Gasteiger partial charge in [0, 0.05) is 6.54 Å². The summed E-state index contributed by atoms with van der Waals surface area (Å²) in [7, 11) is 0. The molecule has 2 nitrogen and oxygen atoms in total. The fraction of sp³-hybridized carbons (Fsp3) is 0.533. The molecule has 0 aliphatic carbocycles. The zero-order valence-electron chi connectivity index (χ0n) is 11.7. The van der Waals surface area contributed by atoms with Crippen LogP contribution in [0.4, 0.5) is 0 Å². The number of nitrogens with zero attached hydrogens (tertiary/aromatic N) is 2. The highest BCUT2D eigenvalue weighted by molar-refractivity contribution is 6.35. The lowest BCUT2D eigenvalue weighted by atomic mass is 10.0. The van der Waals surface area contributed by atoms with Crippen molar-refractivity contribution in [3.63, 3.8) is 0 Å². The number of halogens is 2. The lowest BCUT2D eigenvalue weighted by Crippen LogP contribution is -2.12. The predicted octanol–water partition coefficient (Wildman–Crippen LogP) is 5.43. The quantitative estimate of drug-likeness (QED) is 0.673. The minimum atomic E-state index is -0.113. The summed E-state index contributed by atoms with van der Waals surface area (Å²) in [5.41, 5.74) is 1.94. The molecule has 2 rings (SSSR count). The third-order valence-corrected chi connectivity index (χ3v) is 4.20. The van der Waals surface area contributed by atoms with Gasteiger partial charge in [0.05, 0.1) is 21.4 Å². The maximum Gasteiger partial charge on any atom is 0.127 e. The van der Waals surface area contributed by atoms with Crippen molar-refractivity contribution in [2.24, 2.45) is 5.92 Å². The van der Waals surface area contributed by atoms with Gasteiger partial charge in [-0.25, -0.2) is 4.98 Å². The van der Waals surface area contributed by atoms with E-state index in [-0.39, 0.29) is 5.38 Å². The summed E-state index contributed by atoms with van der Waals surface area (Å²) in [6.07, 6.45) is 2.30. The molecule has 1 unspecified atom stereocenters. The van der Waals surface area contributed by atoms with E-state index < -0.39 is 0 Å². The number of rotatable bonds is 5. The molecule has 1 atom stereocenters. The van der Waals surface area contributed by atoms with E-state index in [4.69, 9.17) is 23.2 Å². The van der Waals surface area contributed by atoms with Crippen LogP contribution in [0.2, 0.25) is 5.02 Å². The highest BCUT2D eigenvalue weighted by Gasteiger charge is 2.18. The van der Waals surface area contributed by atoms with Crippen molar-refractivity contribution < 1.29 is 0 Å². The zero-order chi connectivity index (χ0) is 14.0. The second kappa shape index (κ2) is 6.15. The molecule has 0 aliphatic heterocycles. The molecular weight excluding hydrogens is 279 g/mol. The van der Waals surface area contributed by atoms with Crippen molar-refractivity contribution in [2.75, 3.05) is 0 Å². The first-order chi connectivity index (χ1) is 9.08. The van der Waals surface area contributed by atoms with Gasteiger partial charge in [-0.05, 0) is 25.0 Å². The second-order valence-electron chi connectivity index (χ2n) is 4.99. The molecule has 0 spiro atoms. The number of aromatic nitrogens is 2. The minimum absolute atomic E-state index is 0.113. The Morgan fingerprint density at radius 2 is 1.95 bits per heavy atom. The fourth-order valence-electron chi connectivity index (χ4n) is 2.45. The van der Waals surface area contributed by atoms with Crippen LogP contribution in [0.15, 0.2) is 18.2 Å². The first-order valence-corrected chi connectivity index (χ1v) is 7.68.